The van der Waals surface area contributed by atoms with Crippen LogP contribution in [-0.2, 0) is 11.3 Å². The van der Waals surface area contributed by atoms with Crippen molar-refractivity contribution in [3.8, 4) is 0 Å². The molecule has 20 heavy (non-hydrogen) atoms. The fraction of sp³-hybridized carbons (Fsp3) is 0.800. The van der Waals surface area contributed by atoms with Crippen LogP contribution in [0, 0.1) is 0 Å². The first kappa shape index (κ1) is 14.4. The molecule has 2 aliphatic rings. The number of thiazole rings is 1. The Morgan fingerprint density at radius 3 is 2.85 bits per heavy atom. The van der Waals surface area contributed by atoms with Gasteiger partial charge in [0.25, 0.3) is 0 Å². The van der Waals surface area contributed by atoms with E-state index in [0.717, 1.165) is 19.4 Å². The van der Waals surface area contributed by atoms with Crippen LogP contribution in [0.1, 0.15) is 54.3 Å². The summed E-state index contributed by atoms with van der Waals surface area (Å²) >= 11 is 1.84. The molecule has 2 N–H and O–H groups in total. The molecule has 1 saturated heterocycles. The first-order chi connectivity index (χ1) is 9.75. The summed E-state index contributed by atoms with van der Waals surface area (Å²) < 4.78 is 5.29. The highest BCUT2D eigenvalue weighted by molar-refractivity contribution is 7.11. The lowest BCUT2D eigenvalue weighted by atomic mass is 9.94. The predicted octanol–water partition coefficient (Wildman–Crippen LogP) is 2.43. The zero-order valence-corrected chi connectivity index (χ0v) is 12.8. The van der Waals surface area contributed by atoms with Crippen LogP contribution in [0.2, 0.25) is 0 Å². The predicted molar refractivity (Wildman–Crippen MR) is 80.0 cm³/mol. The summed E-state index contributed by atoms with van der Waals surface area (Å²) in [6, 6.07) is 0. The first-order valence-electron chi connectivity index (χ1n) is 7.71. The van der Waals surface area contributed by atoms with E-state index in [-0.39, 0.29) is 0 Å². The van der Waals surface area contributed by atoms with Gasteiger partial charge in [-0.15, -0.1) is 11.3 Å². The Balaban J connectivity index is 1.46. The maximum atomic E-state index is 10.4. The summed E-state index contributed by atoms with van der Waals surface area (Å²) in [6.07, 6.45) is 8.78. The SMILES string of the molecule is OC1(CNCc2cnc(C3CCCC3)s2)CCOCC1. The van der Waals surface area contributed by atoms with Gasteiger partial charge in [0.15, 0.2) is 0 Å². The summed E-state index contributed by atoms with van der Waals surface area (Å²) in [7, 11) is 0. The van der Waals surface area contributed by atoms with Gasteiger partial charge in [0.05, 0.1) is 10.6 Å². The third kappa shape index (κ3) is 3.58. The van der Waals surface area contributed by atoms with Crippen LogP contribution in [0.5, 0.6) is 0 Å². The Kier molecular flexibility index (Phi) is 4.71. The molecule has 0 unspecified atom stereocenters. The monoisotopic (exact) mass is 296 g/mol. The minimum absolute atomic E-state index is 0.586. The summed E-state index contributed by atoms with van der Waals surface area (Å²) in [5, 5.41) is 15.1. The van der Waals surface area contributed by atoms with Gasteiger partial charge in [-0.3, -0.25) is 0 Å². The van der Waals surface area contributed by atoms with Gasteiger partial charge < -0.3 is 15.2 Å². The minimum Gasteiger partial charge on any atom is -0.388 e. The van der Waals surface area contributed by atoms with E-state index >= 15 is 0 Å². The standard InChI is InChI=1S/C15H24N2O2S/c18-15(5-7-19-8-6-15)11-16-9-13-10-17-14(20-13)12-3-1-2-4-12/h10,12,16,18H,1-9,11H2. The molecule has 0 aromatic carbocycles. The van der Waals surface area contributed by atoms with E-state index in [1.54, 1.807) is 0 Å². The van der Waals surface area contributed by atoms with Crippen molar-refractivity contribution >= 4 is 11.3 Å². The van der Waals surface area contributed by atoms with Crippen molar-refractivity contribution in [2.24, 2.45) is 0 Å². The zero-order chi connectivity index (χ0) is 13.8. The van der Waals surface area contributed by atoms with Crippen molar-refractivity contribution in [1.29, 1.82) is 0 Å². The molecule has 0 atom stereocenters. The van der Waals surface area contributed by atoms with E-state index in [1.165, 1.54) is 35.6 Å². The average Bonchev–Trinajstić information content (AvgIpc) is 3.09. The highest BCUT2D eigenvalue weighted by Crippen LogP contribution is 2.36. The van der Waals surface area contributed by atoms with Crippen molar-refractivity contribution in [3.05, 3.63) is 16.1 Å². The van der Waals surface area contributed by atoms with Gasteiger partial charge in [0.1, 0.15) is 0 Å². The fourth-order valence-corrected chi connectivity index (χ4v) is 4.17. The Morgan fingerprint density at radius 1 is 1.35 bits per heavy atom. The molecule has 1 aromatic heterocycles. The lowest BCUT2D eigenvalue weighted by Gasteiger charge is -2.32. The molecule has 2 heterocycles. The molecule has 0 spiro atoms. The second kappa shape index (κ2) is 6.52. The molecule has 4 nitrogen and oxygen atoms in total. The second-order valence-electron chi connectivity index (χ2n) is 6.09. The lowest BCUT2D eigenvalue weighted by Crippen LogP contribution is -2.44. The third-order valence-electron chi connectivity index (χ3n) is 4.45. The van der Waals surface area contributed by atoms with E-state index < -0.39 is 5.60 Å². The highest BCUT2D eigenvalue weighted by Gasteiger charge is 2.29. The van der Waals surface area contributed by atoms with Crippen molar-refractivity contribution < 1.29 is 9.84 Å². The quantitative estimate of drug-likeness (QED) is 0.876. The number of hydrogen-bond acceptors (Lipinski definition) is 5. The Hall–Kier alpha value is -0.490. The van der Waals surface area contributed by atoms with E-state index in [0.29, 0.717) is 25.7 Å². The minimum atomic E-state index is -0.586. The molecule has 112 valence electrons. The number of ether oxygens (including phenoxy) is 1. The number of rotatable bonds is 5. The molecule has 3 rings (SSSR count). The van der Waals surface area contributed by atoms with Crippen LogP contribution in [0.25, 0.3) is 0 Å². The van der Waals surface area contributed by atoms with Crippen LogP contribution in [-0.4, -0.2) is 35.5 Å². The van der Waals surface area contributed by atoms with Crippen LogP contribution in [0.15, 0.2) is 6.20 Å². The van der Waals surface area contributed by atoms with Gasteiger partial charge in [-0.2, -0.15) is 0 Å². The Morgan fingerprint density at radius 2 is 2.10 bits per heavy atom. The molecule has 5 heteroatoms. The Labute approximate surface area is 124 Å². The van der Waals surface area contributed by atoms with Crippen molar-refractivity contribution in [1.82, 2.24) is 10.3 Å². The van der Waals surface area contributed by atoms with Crippen LogP contribution in [0.4, 0.5) is 0 Å². The zero-order valence-electron chi connectivity index (χ0n) is 11.9. The third-order valence-corrected chi connectivity index (χ3v) is 5.61. The fourth-order valence-electron chi connectivity index (χ4n) is 3.11. The normalized spacial score (nSPS) is 23.2. The van der Waals surface area contributed by atoms with E-state index in [9.17, 15) is 5.11 Å². The maximum absolute atomic E-state index is 10.4. The molecule has 0 amide bonds. The van der Waals surface area contributed by atoms with Gasteiger partial charge in [0.2, 0.25) is 0 Å². The van der Waals surface area contributed by atoms with Crippen LogP contribution in [0.3, 0.4) is 0 Å². The molecule has 1 saturated carbocycles. The van der Waals surface area contributed by atoms with Crippen molar-refractivity contribution in [2.75, 3.05) is 19.8 Å². The first-order valence-corrected chi connectivity index (χ1v) is 8.52. The smallest absolute Gasteiger partial charge is 0.0959 e. The lowest BCUT2D eigenvalue weighted by molar-refractivity contribution is -0.0616. The average molecular weight is 296 g/mol. The molecule has 0 bridgehead atoms. The van der Waals surface area contributed by atoms with Crippen molar-refractivity contribution in [3.63, 3.8) is 0 Å². The number of nitrogens with zero attached hydrogens (tertiary/aromatic N) is 1. The molecule has 2 fully saturated rings. The van der Waals surface area contributed by atoms with Gasteiger partial charge >= 0.3 is 0 Å². The summed E-state index contributed by atoms with van der Waals surface area (Å²) in [5.74, 6) is 0.702. The van der Waals surface area contributed by atoms with Gasteiger partial charge in [-0.25, -0.2) is 4.98 Å². The number of aromatic nitrogens is 1. The molecule has 1 aliphatic heterocycles. The molecule has 0 radical (unpaired) electrons. The van der Waals surface area contributed by atoms with Crippen LogP contribution >= 0.6 is 11.3 Å². The maximum Gasteiger partial charge on any atom is 0.0959 e. The largest absolute Gasteiger partial charge is 0.388 e. The summed E-state index contributed by atoms with van der Waals surface area (Å²) in [6.45, 7) is 2.80. The van der Waals surface area contributed by atoms with E-state index in [2.05, 4.69) is 10.3 Å². The Bertz CT molecular complexity index is 423. The molecular weight excluding hydrogens is 272 g/mol. The highest BCUT2D eigenvalue weighted by atomic mass is 32.1. The number of aliphatic hydroxyl groups is 1. The van der Waals surface area contributed by atoms with Gasteiger partial charge in [0, 0.05) is 56.1 Å². The topological polar surface area (TPSA) is 54.4 Å². The second-order valence-corrected chi connectivity index (χ2v) is 7.23. The number of hydrogen-bond donors (Lipinski definition) is 2. The van der Waals surface area contributed by atoms with E-state index in [4.69, 9.17) is 4.74 Å². The molecular formula is C15H24N2O2S. The summed E-state index contributed by atoms with van der Waals surface area (Å²) in [5.41, 5.74) is -0.586. The van der Waals surface area contributed by atoms with Gasteiger partial charge in [-0.05, 0) is 12.8 Å². The van der Waals surface area contributed by atoms with Crippen molar-refractivity contribution in [2.45, 2.75) is 56.6 Å². The van der Waals surface area contributed by atoms with Crippen LogP contribution < -0.4 is 5.32 Å². The molecule has 1 aliphatic carbocycles. The van der Waals surface area contributed by atoms with Gasteiger partial charge in [-0.1, -0.05) is 12.8 Å². The molecule has 1 aromatic rings. The van der Waals surface area contributed by atoms with E-state index in [1.807, 2.05) is 17.5 Å². The summed E-state index contributed by atoms with van der Waals surface area (Å²) in [4.78, 5) is 5.86. The number of nitrogens with one attached hydrogen (secondary N) is 1.